The van der Waals surface area contributed by atoms with Crippen molar-refractivity contribution in [2.24, 2.45) is 5.14 Å². The zero-order valence-electron chi connectivity index (χ0n) is 21.9. The Kier molecular flexibility index (Phi) is 8.54. The second-order valence-corrected chi connectivity index (χ2v) is 12.5. The monoisotopic (exact) mass is 564 g/mol. The number of ether oxygens (including phenoxy) is 2. The number of sulfonamides is 1. The molecule has 2 N–H and O–H groups in total. The van der Waals surface area contributed by atoms with Gasteiger partial charge in [-0.05, 0) is 54.7 Å². The molecule has 1 fully saturated rings. The minimum absolute atomic E-state index is 0.00508. The SMILES string of the molecule is COC1CC(c2cccc(CSC(C)c3nc(-c4ccccc4)c(-c4ccc(S(N)(=O)=O)cc4)o3)c2)CCO1. The number of nitrogens with two attached hydrogens (primary N) is 1. The van der Waals surface area contributed by atoms with Crippen LogP contribution in [0.25, 0.3) is 22.6 Å². The summed E-state index contributed by atoms with van der Waals surface area (Å²) in [4.78, 5) is 4.94. The molecule has 3 unspecified atom stereocenters. The van der Waals surface area contributed by atoms with Crippen LogP contribution >= 0.6 is 11.8 Å². The standard InChI is InChI=1S/C30H32N2O5S2/c1-20(38-19-21-7-6-10-24(17-21)25-15-16-36-27(18-25)35-2)30-32-28(22-8-4-3-5-9-22)29(37-30)23-11-13-26(14-12-23)39(31,33)34/h3-14,17,20,25,27H,15-16,18-19H2,1-2H3,(H2,31,33,34). The maximum absolute atomic E-state index is 11.7. The second kappa shape index (κ2) is 12.1. The zero-order chi connectivity index (χ0) is 27.4. The van der Waals surface area contributed by atoms with Crippen molar-refractivity contribution in [3.05, 3.63) is 95.9 Å². The van der Waals surface area contributed by atoms with E-state index in [1.807, 2.05) is 30.3 Å². The summed E-state index contributed by atoms with van der Waals surface area (Å²) in [5.74, 6) is 2.45. The highest BCUT2D eigenvalue weighted by Gasteiger charge is 2.24. The van der Waals surface area contributed by atoms with E-state index in [0.717, 1.165) is 35.4 Å². The van der Waals surface area contributed by atoms with Crippen LogP contribution < -0.4 is 5.14 Å². The molecule has 204 valence electrons. The summed E-state index contributed by atoms with van der Waals surface area (Å²) in [5, 5.41) is 5.27. The molecule has 1 aliphatic heterocycles. The number of aromatic nitrogens is 1. The number of thioether (sulfide) groups is 1. The third kappa shape index (κ3) is 6.62. The molecule has 0 amide bonds. The largest absolute Gasteiger partial charge is 0.439 e. The van der Waals surface area contributed by atoms with E-state index >= 15 is 0 Å². The number of nitrogens with zero attached hydrogens (tertiary/aromatic N) is 1. The Hall–Kier alpha value is -2.95. The first kappa shape index (κ1) is 27.6. The average molecular weight is 565 g/mol. The lowest BCUT2D eigenvalue weighted by Crippen LogP contribution is -2.25. The lowest BCUT2D eigenvalue weighted by atomic mass is 9.90. The summed E-state index contributed by atoms with van der Waals surface area (Å²) >= 11 is 1.76. The van der Waals surface area contributed by atoms with Crippen molar-refractivity contribution in [2.75, 3.05) is 13.7 Å². The molecule has 7 nitrogen and oxygen atoms in total. The average Bonchev–Trinajstić information content (AvgIpc) is 3.42. The smallest absolute Gasteiger partial charge is 0.238 e. The summed E-state index contributed by atoms with van der Waals surface area (Å²) in [6, 6.07) is 24.9. The van der Waals surface area contributed by atoms with Crippen LogP contribution in [0.15, 0.2) is 88.2 Å². The first-order valence-corrected chi connectivity index (χ1v) is 15.5. The van der Waals surface area contributed by atoms with Crippen molar-refractivity contribution in [1.82, 2.24) is 4.98 Å². The Labute approximate surface area is 233 Å². The lowest BCUT2D eigenvalue weighted by molar-refractivity contribution is -0.150. The molecule has 1 aromatic heterocycles. The molecule has 0 saturated carbocycles. The highest BCUT2D eigenvalue weighted by Crippen LogP contribution is 2.39. The summed E-state index contributed by atoms with van der Waals surface area (Å²) in [7, 11) is -2.09. The lowest BCUT2D eigenvalue weighted by Gasteiger charge is -2.29. The van der Waals surface area contributed by atoms with E-state index < -0.39 is 10.0 Å². The highest BCUT2D eigenvalue weighted by atomic mass is 32.2. The molecule has 2 heterocycles. The van der Waals surface area contributed by atoms with Gasteiger partial charge in [-0.25, -0.2) is 18.5 Å². The molecule has 9 heteroatoms. The summed E-state index contributed by atoms with van der Waals surface area (Å²) in [6.07, 6.45) is 1.71. The van der Waals surface area contributed by atoms with Crippen molar-refractivity contribution >= 4 is 21.8 Å². The van der Waals surface area contributed by atoms with Gasteiger partial charge in [0.2, 0.25) is 15.9 Å². The number of methoxy groups -OCH3 is 1. The van der Waals surface area contributed by atoms with Gasteiger partial charge in [-0.2, -0.15) is 0 Å². The molecule has 0 aliphatic carbocycles. The second-order valence-electron chi connectivity index (χ2n) is 9.62. The number of benzene rings is 3. The molecular formula is C30H32N2O5S2. The number of rotatable bonds is 9. The van der Waals surface area contributed by atoms with Crippen LogP contribution in [-0.2, 0) is 25.2 Å². The number of hydrogen-bond donors (Lipinski definition) is 1. The van der Waals surface area contributed by atoms with Crippen LogP contribution in [0.1, 0.15) is 48.0 Å². The van der Waals surface area contributed by atoms with Crippen LogP contribution in [0.5, 0.6) is 0 Å². The quantitative estimate of drug-likeness (QED) is 0.247. The van der Waals surface area contributed by atoms with E-state index in [1.165, 1.54) is 23.3 Å². The fourth-order valence-corrected chi connectivity index (χ4v) is 6.13. The van der Waals surface area contributed by atoms with E-state index in [4.69, 9.17) is 24.0 Å². The van der Waals surface area contributed by atoms with Gasteiger partial charge >= 0.3 is 0 Å². The Morgan fingerprint density at radius 3 is 2.54 bits per heavy atom. The van der Waals surface area contributed by atoms with Crippen LogP contribution in [0.4, 0.5) is 0 Å². The van der Waals surface area contributed by atoms with E-state index in [0.29, 0.717) is 24.2 Å². The molecular weight excluding hydrogens is 532 g/mol. The Morgan fingerprint density at radius 2 is 1.82 bits per heavy atom. The minimum Gasteiger partial charge on any atom is -0.439 e. The molecule has 0 bridgehead atoms. The molecule has 39 heavy (non-hydrogen) atoms. The highest BCUT2D eigenvalue weighted by molar-refractivity contribution is 7.98. The maximum atomic E-state index is 11.7. The van der Waals surface area contributed by atoms with Crippen molar-refractivity contribution in [3.8, 4) is 22.6 Å². The summed E-state index contributed by atoms with van der Waals surface area (Å²) in [6.45, 7) is 2.80. The van der Waals surface area contributed by atoms with Gasteiger partial charge in [0.05, 0.1) is 16.8 Å². The van der Waals surface area contributed by atoms with Crippen LogP contribution in [0.2, 0.25) is 0 Å². The zero-order valence-corrected chi connectivity index (χ0v) is 23.6. The van der Waals surface area contributed by atoms with Gasteiger partial charge in [0.1, 0.15) is 5.69 Å². The van der Waals surface area contributed by atoms with Gasteiger partial charge in [0, 0.05) is 30.4 Å². The maximum Gasteiger partial charge on any atom is 0.238 e. The van der Waals surface area contributed by atoms with Gasteiger partial charge in [-0.3, -0.25) is 0 Å². The van der Waals surface area contributed by atoms with Crippen molar-refractivity contribution in [1.29, 1.82) is 0 Å². The summed E-state index contributed by atoms with van der Waals surface area (Å²) in [5.41, 5.74) is 4.94. The topological polar surface area (TPSA) is 105 Å². The van der Waals surface area contributed by atoms with Crippen LogP contribution in [-0.4, -0.2) is 33.4 Å². The molecule has 1 aliphatic rings. The van der Waals surface area contributed by atoms with E-state index in [2.05, 4.69) is 31.2 Å². The molecule has 5 rings (SSSR count). The van der Waals surface area contributed by atoms with Gasteiger partial charge in [0.15, 0.2) is 12.1 Å². The third-order valence-corrected chi connectivity index (χ3v) is 9.05. The fraction of sp³-hybridized carbons (Fsp3) is 0.300. The van der Waals surface area contributed by atoms with Gasteiger partial charge < -0.3 is 13.9 Å². The Balaban J connectivity index is 1.36. The van der Waals surface area contributed by atoms with Gasteiger partial charge in [-0.15, -0.1) is 11.8 Å². The summed E-state index contributed by atoms with van der Waals surface area (Å²) < 4.78 is 40.8. The minimum atomic E-state index is -3.78. The Morgan fingerprint density at radius 1 is 1.05 bits per heavy atom. The van der Waals surface area contributed by atoms with Crippen LogP contribution in [0.3, 0.4) is 0 Å². The van der Waals surface area contributed by atoms with Crippen molar-refractivity contribution in [2.45, 2.75) is 47.9 Å². The van der Waals surface area contributed by atoms with E-state index in [-0.39, 0.29) is 16.4 Å². The first-order chi connectivity index (χ1) is 18.8. The van der Waals surface area contributed by atoms with Crippen molar-refractivity contribution in [3.63, 3.8) is 0 Å². The number of oxazole rings is 1. The molecule has 4 aromatic rings. The molecule has 3 aromatic carbocycles. The predicted molar refractivity (Wildman–Crippen MR) is 154 cm³/mol. The number of primary sulfonamides is 1. The van der Waals surface area contributed by atoms with Gasteiger partial charge in [0.25, 0.3) is 0 Å². The van der Waals surface area contributed by atoms with Gasteiger partial charge in [-0.1, -0.05) is 54.6 Å². The van der Waals surface area contributed by atoms with Crippen LogP contribution in [0, 0.1) is 0 Å². The molecule has 1 saturated heterocycles. The predicted octanol–water partition coefficient (Wildman–Crippen LogP) is 6.52. The molecule has 3 atom stereocenters. The fourth-order valence-electron chi connectivity index (χ4n) is 4.75. The third-order valence-electron chi connectivity index (χ3n) is 6.92. The first-order valence-electron chi connectivity index (χ1n) is 12.9. The molecule has 0 radical (unpaired) electrons. The van der Waals surface area contributed by atoms with E-state index in [1.54, 1.807) is 31.0 Å². The normalized spacial score (nSPS) is 18.6. The Bertz CT molecular complexity index is 1500. The van der Waals surface area contributed by atoms with Crippen molar-refractivity contribution < 1.29 is 22.3 Å². The van der Waals surface area contributed by atoms with E-state index in [9.17, 15) is 8.42 Å². The number of hydrogen-bond acceptors (Lipinski definition) is 7. The molecule has 0 spiro atoms.